The summed E-state index contributed by atoms with van der Waals surface area (Å²) in [6.07, 6.45) is -4.23. The number of ether oxygens (including phenoxy) is 1. The van der Waals surface area contributed by atoms with Gasteiger partial charge >= 0.3 is 6.18 Å². The highest BCUT2D eigenvalue weighted by molar-refractivity contribution is 5.25. The maximum Gasteiger partial charge on any atom is 0.389 e. The summed E-state index contributed by atoms with van der Waals surface area (Å²) in [5.74, 6) is -0.285. The van der Waals surface area contributed by atoms with Crippen molar-refractivity contribution in [2.45, 2.75) is 19.0 Å². The summed E-state index contributed by atoms with van der Waals surface area (Å²) in [5.41, 5.74) is 5.31. The fourth-order valence-corrected chi connectivity index (χ4v) is 0.833. The number of allylic oxidation sites excluding steroid dienone is 1. The van der Waals surface area contributed by atoms with E-state index in [4.69, 9.17) is 15.6 Å². The Morgan fingerprint density at radius 1 is 1.38 bits per heavy atom. The largest absolute Gasteiger partial charge is 0.508 e. The standard InChI is InChI=1S/C10H14F3NO2/c1-7(15)6-9(8(2)14)16-5-3-4-10(11,12)13/h6,15H,1-5,14H2/b9-6+. The topological polar surface area (TPSA) is 55.5 Å². The van der Waals surface area contributed by atoms with Crippen LogP contribution in [0.2, 0.25) is 0 Å². The molecule has 0 saturated carbocycles. The molecule has 0 saturated heterocycles. The van der Waals surface area contributed by atoms with Gasteiger partial charge in [-0.05, 0) is 6.42 Å². The predicted molar refractivity (Wildman–Crippen MR) is 54.4 cm³/mol. The first-order valence-electron chi connectivity index (χ1n) is 4.46. The molecule has 0 aromatic carbocycles. The molecule has 0 rings (SSSR count). The number of alkyl halides is 3. The zero-order chi connectivity index (χ0) is 12.8. The van der Waals surface area contributed by atoms with Crippen LogP contribution in [0.25, 0.3) is 0 Å². The third-order valence-electron chi connectivity index (χ3n) is 1.48. The number of nitrogens with two attached hydrogens (primary N) is 1. The number of hydrogen-bond donors (Lipinski definition) is 2. The van der Waals surface area contributed by atoms with Crippen molar-refractivity contribution in [3.63, 3.8) is 0 Å². The molecule has 3 N–H and O–H groups in total. The van der Waals surface area contributed by atoms with Crippen LogP contribution in [0.1, 0.15) is 12.8 Å². The van der Waals surface area contributed by atoms with Crippen LogP contribution in [0.3, 0.4) is 0 Å². The van der Waals surface area contributed by atoms with Gasteiger partial charge in [-0.3, -0.25) is 0 Å². The quantitative estimate of drug-likeness (QED) is 0.424. The smallest absolute Gasteiger partial charge is 0.389 e. The number of halogens is 3. The number of rotatable bonds is 6. The lowest BCUT2D eigenvalue weighted by atomic mass is 10.3. The van der Waals surface area contributed by atoms with E-state index in [1.54, 1.807) is 0 Å². The summed E-state index contributed by atoms with van der Waals surface area (Å²) >= 11 is 0. The molecular formula is C10H14F3NO2. The van der Waals surface area contributed by atoms with Gasteiger partial charge in [0.1, 0.15) is 11.5 Å². The maximum atomic E-state index is 11.8. The van der Waals surface area contributed by atoms with Gasteiger partial charge in [0.05, 0.1) is 12.3 Å². The second kappa shape index (κ2) is 6.09. The first kappa shape index (κ1) is 14.4. The SMILES string of the molecule is C=C(O)/C=C(/OCCCC(F)(F)F)C(=C)N. The molecule has 0 atom stereocenters. The lowest BCUT2D eigenvalue weighted by Gasteiger charge is -2.10. The Kier molecular flexibility index (Phi) is 5.49. The molecule has 0 spiro atoms. The van der Waals surface area contributed by atoms with Crippen LogP contribution in [-0.4, -0.2) is 17.9 Å². The molecule has 0 aliphatic rings. The summed E-state index contributed by atoms with van der Waals surface area (Å²) in [5, 5.41) is 8.83. The summed E-state index contributed by atoms with van der Waals surface area (Å²) in [6, 6.07) is 0. The molecule has 3 nitrogen and oxygen atoms in total. The van der Waals surface area contributed by atoms with E-state index in [0.717, 1.165) is 6.08 Å². The highest BCUT2D eigenvalue weighted by Gasteiger charge is 2.26. The van der Waals surface area contributed by atoms with E-state index < -0.39 is 12.6 Å². The average molecular weight is 237 g/mol. The highest BCUT2D eigenvalue weighted by atomic mass is 19.4. The average Bonchev–Trinajstić information content (AvgIpc) is 2.07. The maximum absolute atomic E-state index is 11.8. The molecule has 0 amide bonds. The monoisotopic (exact) mass is 237 g/mol. The number of aliphatic hydroxyl groups is 1. The molecule has 6 heteroatoms. The van der Waals surface area contributed by atoms with Crippen LogP contribution in [0.4, 0.5) is 13.2 Å². The molecule has 0 aromatic heterocycles. The molecule has 0 aromatic rings. The molecule has 0 bridgehead atoms. The van der Waals surface area contributed by atoms with E-state index in [1.165, 1.54) is 0 Å². The molecule has 0 radical (unpaired) electrons. The van der Waals surface area contributed by atoms with Gasteiger partial charge in [0.25, 0.3) is 0 Å². The van der Waals surface area contributed by atoms with Gasteiger partial charge in [0.2, 0.25) is 0 Å². The first-order valence-corrected chi connectivity index (χ1v) is 4.46. The van der Waals surface area contributed by atoms with Crippen LogP contribution in [-0.2, 0) is 4.74 Å². The van der Waals surface area contributed by atoms with Crippen molar-refractivity contribution < 1.29 is 23.0 Å². The Labute approximate surface area is 91.7 Å². The van der Waals surface area contributed by atoms with Gasteiger partial charge in [-0.25, -0.2) is 0 Å². The van der Waals surface area contributed by atoms with Crippen molar-refractivity contribution >= 4 is 0 Å². The van der Waals surface area contributed by atoms with Crippen LogP contribution in [0.15, 0.2) is 36.4 Å². The van der Waals surface area contributed by atoms with Crippen molar-refractivity contribution in [1.82, 2.24) is 0 Å². The summed E-state index contributed by atoms with van der Waals surface area (Å²) in [4.78, 5) is 0. The van der Waals surface area contributed by atoms with Crippen molar-refractivity contribution in [3.05, 3.63) is 36.4 Å². The fourth-order valence-electron chi connectivity index (χ4n) is 0.833. The van der Waals surface area contributed by atoms with Gasteiger partial charge in [0.15, 0.2) is 0 Å². The predicted octanol–water partition coefficient (Wildman–Crippen LogP) is 2.77. The van der Waals surface area contributed by atoms with Crippen molar-refractivity contribution in [1.29, 1.82) is 0 Å². The van der Waals surface area contributed by atoms with E-state index in [0.29, 0.717) is 0 Å². The molecular weight excluding hydrogens is 223 g/mol. The van der Waals surface area contributed by atoms with Crippen LogP contribution in [0.5, 0.6) is 0 Å². The second-order valence-electron chi connectivity index (χ2n) is 3.09. The van der Waals surface area contributed by atoms with Crippen LogP contribution >= 0.6 is 0 Å². The van der Waals surface area contributed by atoms with Crippen LogP contribution in [0, 0.1) is 0 Å². The minimum absolute atomic E-state index is 0.0159. The van der Waals surface area contributed by atoms with E-state index >= 15 is 0 Å². The van der Waals surface area contributed by atoms with Gasteiger partial charge in [0, 0.05) is 12.5 Å². The summed E-state index contributed by atoms with van der Waals surface area (Å²) in [7, 11) is 0. The van der Waals surface area contributed by atoms with Crippen molar-refractivity contribution in [2.75, 3.05) is 6.61 Å². The molecule has 92 valence electrons. The Hall–Kier alpha value is -1.59. The zero-order valence-corrected chi connectivity index (χ0v) is 8.68. The Morgan fingerprint density at radius 2 is 1.94 bits per heavy atom. The molecule has 0 aliphatic carbocycles. The van der Waals surface area contributed by atoms with E-state index in [9.17, 15) is 13.2 Å². The van der Waals surface area contributed by atoms with Gasteiger partial charge in [-0.2, -0.15) is 13.2 Å². The van der Waals surface area contributed by atoms with E-state index in [2.05, 4.69) is 13.2 Å². The van der Waals surface area contributed by atoms with Gasteiger partial charge in [-0.15, -0.1) is 0 Å². The lowest BCUT2D eigenvalue weighted by Crippen LogP contribution is -2.10. The molecule has 0 heterocycles. The third kappa shape index (κ3) is 7.78. The first-order chi connectivity index (χ1) is 7.22. The zero-order valence-electron chi connectivity index (χ0n) is 8.68. The van der Waals surface area contributed by atoms with Crippen molar-refractivity contribution in [3.8, 4) is 0 Å². The number of hydrogen-bond acceptors (Lipinski definition) is 3. The molecule has 0 aliphatic heterocycles. The summed E-state index contributed by atoms with van der Waals surface area (Å²) < 4.78 is 40.3. The Balaban J connectivity index is 4.06. The Bertz CT molecular complexity index is 295. The second-order valence-corrected chi connectivity index (χ2v) is 3.09. The minimum Gasteiger partial charge on any atom is -0.508 e. The van der Waals surface area contributed by atoms with E-state index in [1.807, 2.05) is 0 Å². The normalized spacial score (nSPS) is 12.3. The molecule has 0 unspecified atom stereocenters. The van der Waals surface area contributed by atoms with E-state index in [-0.39, 0.29) is 30.2 Å². The van der Waals surface area contributed by atoms with Crippen molar-refractivity contribution in [2.24, 2.45) is 5.73 Å². The highest BCUT2D eigenvalue weighted by Crippen LogP contribution is 2.21. The van der Waals surface area contributed by atoms with Crippen LogP contribution < -0.4 is 5.73 Å². The number of aliphatic hydroxyl groups excluding tert-OH is 1. The van der Waals surface area contributed by atoms with Gasteiger partial charge in [-0.1, -0.05) is 13.2 Å². The molecule has 16 heavy (non-hydrogen) atoms. The van der Waals surface area contributed by atoms with Gasteiger partial charge < -0.3 is 15.6 Å². The Morgan fingerprint density at radius 3 is 2.31 bits per heavy atom. The third-order valence-corrected chi connectivity index (χ3v) is 1.48. The summed E-state index contributed by atoms with van der Waals surface area (Å²) in [6.45, 7) is 6.36. The fraction of sp³-hybridized carbons (Fsp3) is 0.400. The lowest BCUT2D eigenvalue weighted by molar-refractivity contribution is -0.137. The molecule has 0 fully saturated rings. The minimum atomic E-state index is -4.20.